The van der Waals surface area contributed by atoms with Gasteiger partial charge in [-0.3, -0.25) is 0 Å². The molecular formula is C14H17ClN4O. The summed E-state index contributed by atoms with van der Waals surface area (Å²) in [7, 11) is 0. The molecule has 0 bridgehead atoms. The molecule has 2 heterocycles. The second kappa shape index (κ2) is 5.81. The van der Waals surface area contributed by atoms with Gasteiger partial charge in [0.1, 0.15) is 24.0 Å². The quantitative estimate of drug-likeness (QED) is 0.916. The van der Waals surface area contributed by atoms with Crippen molar-refractivity contribution >= 4 is 11.6 Å². The van der Waals surface area contributed by atoms with Crippen molar-refractivity contribution in [3.63, 3.8) is 0 Å². The van der Waals surface area contributed by atoms with Gasteiger partial charge in [-0.2, -0.15) is 0 Å². The predicted molar refractivity (Wildman–Crippen MR) is 77.0 cm³/mol. The van der Waals surface area contributed by atoms with Crippen molar-refractivity contribution in [2.45, 2.75) is 32.5 Å². The topological polar surface area (TPSA) is 52.0 Å². The summed E-state index contributed by atoms with van der Waals surface area (Å²) in [5.74, 6) is 1.89. The van der Waals surface area contributed by atoms with Gasteiger partial charge in [0.05, 0.1) is 6.54 Å². The summed E-state index contributed by atoms with van der Waals surface area (Å²) in [6.45, 7) is 4.44. The number of benzene rings is 1. The summed E-state index contributed by atoms with van der Waals surface area (Å²) in [6.07, 6.45) is 2.80. The first kappa shape index (κ1) is 13.4. The lowest BCUT2D eigenvalue weighted by Crippen LogP contribution is -2.30. The molecule has 1 unspecified atom stereocenters. The maximum absolute atomic E-state index is 5.99. The monoisotopic (exact) mass is 292 g/mol. The van der Waals surface area contributed by atoms with E-state index in [1.54, 1.807) is 6.33 Å². The summed E-state index contributed by atoms with van der Waals surface area (Å²) in [5.41, 5.74) is 1.18. The molecular weight excluding hydrogens is 276 g/mol. The van der Waals surface area contributed by atoms with Gasteiger partial charge in [-0.05, 0) is 30.7 Å². The number of nitrogens with one attached hydrogen (secondary N) is 1. The van der Waals surface area contributed by atoms with Crippen LogP contribution in [-0.4, -0.2) is 27.4 Å². The van der Waals surface area contributed by atoms with Crippen LogP contribution in [0.2, 0.25) is 5.02 Å². The number of rotatable bonds is 5. The molecule has 1 aromatic heterocycles. The van der Waals surface area contributed by atoms with Crippen molar-refractivity contribution in [3.05, 3.63) is 40.9 Å². The average molecular weight is 293 g/mol. The normalized spacial score (nSPS) is 17.0. The molecule has 1 atom stereocenters. The highest BCUT2D eigenvalue weighted by Crippen LogP contribution is 2.30. The number of fused-ring (bicyclic) bond motifs is 1. The Hall–Kier alpha value is -1.59. The van der Waals surface area contributed by atoms with Gasteiger partial charge in [-0.25, -0.2) is 0 Å². The Balaban J connectivity index is 1.51. The molecule has 1 N–H and O–H groups in total. The fourth-order valence-corrected chi connectivity index (χ4v) is 2.62. The number of nitrogens with zero attached hydrogens (tertiary/aromatic N) is 3. The van der Waals surface area contributed by atoms with Gasteiger partial charge in [0.15, 0.2) is 0 Å². The van der Waals surface area contributed by atoms with Gasteiger partial charge in [0.2, 0.25) is 0 Å². The van der Waals surface area contributed by atoms with Crippen molar-refractivity contribution in [2.24, 2.45) is 0 Å². The average Bonchev–Trinajstić information content (AvgIpc) is 3.04. The van der Waals surface area contributed by atoms with E-state index in [-0.39, 0.29) is 6.10 Å². The first-order valence-corrected chi connectivity index (χ1v) is 7.16. The fraction of sp³-hybridized carbons (Fsp3) is 0.429. The maximum Gasteiger partial charge on any atom is 0.146 e. The molecule has 2 aromatic rings. The molecule has 0 aliphatic carbocycles. The third-order valence-electron chi connectivity index (χ3n) is 3.46. The summed E-state index contributed by atoms with van der Waals surface area (Å²) in [4.78, 5) is 0. The number of ether oxygens (including phenoxy) is 1. The molecule has 0 saturated heterocycles. The van der Waals surface area contributed by atoms with Crippen LogP contribution < -0.4 is 10.1 Å². The van der Waals surface area contributed by atoms with Crippen LogP contribution in [0.25, 0.3) is 0 Å². The first-order valence-electron chi connectivity index (χ1n) is 6.78. The Morgan fingerprint density at radius 2 is 2.40 bits per heavy atom. The van der Waals surface area contributed by atoms with Gasteiger partial charge in [-0.15, -0.1) is 10.2 Å². The predicted octanol–water partition coefficient (Wildman–Crippen LogP) is 2.04. The smallest absolute Gasteiger partial charge is 0.146 e. The van der Waals surface area contributed by atoms with Gasteiger partial charge < -0.3 is 14.6 Å². The van der Waals surface area contributed by atoms with Crippen LogP contribution >= 0.6 is 11.6 Å². The van der Waals surface area contributed by atoms with Crippen molar-refractivity contribution in [1.29, 1.82) is 0 Å². The van der Waals surface area contributed by atoms with Crippen LogP contribution in [0.5, 0.6) is 5.75 Å². The lowest BCUT2D eigenvalue weighted by molar-refractivity contribution is 0.226. The third-order valence-corrected chi connectivity index (χ3v) is 3.69. The number of hydrogen-bond acceptors (Lipinski definition) is 4. The van der Waals surface area contributed by atoms with Crippen LogP contribution in [0, 0.1) is 0 Å². The number of halogens is 1. The molecule has 0 amide bonds. The van der Waals surface area contributed by atoms with Gasteiger partial charge in [-0.1, -0.05) is 11.6 Å². The van der Waals surface area contributed by atoms with E-state index in [1.807, 2.05) is 22.8 Å². The summed E-state index contributed by atoms with van der Waals surface area (Å²) in [6, 6.07) is 5.77. The zero-order valence-corrected chi connectivity index (χ0v) is 12.1. The van der Waals surface area contributed by atoms with Crippen molar-refractivity contribution < 1.29 is 4.74 Å². The first-order chi connectivity index (χ1) is 9.76. The minimum absolute atomic E-state index is 0.154. The molecule has 0 radical (unpaired) electrons. The number of hydrogen-bond donors (Lipinski definition) is 1. The van der Waals surface area contributed by atoms with E-state index in [9.17, 15) is 0 Å². The highest BCUT2D eigenvalue weighted by molar-refractivity contribution is 6.30. The largest absolute Gasteiger partial charge is 0.488 e. The molecule has 5 nitrogen and oxygen atoms in total. The molecule has 0 spiro atoms. The Labute approximate surface area is 122 Å². The standard InChI is InChI=1S/C14H17ClN4O/c1-2-19-9-17-18-14(19)8-16-7-12-6-10-5-11(15)3-4-13(10)20-12/h3-5,9,12,16H,2,6-8H2,1H3. The number of aromatic nitrogens is 3. The summed E-state index contributed by atoms with van der Waals surface area (Å²) >= 11 is 5.99. The van der Waals surface area contributed by atoms with E-state index in [0.29, 0.717) is 6.54 Å². The third kappa shape index (κ3) is 2.78. The van der Waals surface area contributed by atoms with Gasteiger partial charge in [0.25, 0.3) is 0 Å². The van der Waals surface area contributed by atoms with Crippen molar-refractivity contribution in [1.82, 2.24) is 20.1 Å². The molecule has 20 heavy (non-hydrogen) atoms. The molecule has 0 fully saturated rings. The second-order valence-corrected chi connectivity index (χ2v) is 5.30. The van der Waals surface area contributed by atoms with E-state index in [0.717, 1.165) is 36.1 Å². The van der Waals surface area contributed by atoms with E-state index in [4.69, 9.17) is 16.3 Å². The summed E-state index contributed by atoms with van der Waals surface area (Å²) in [5, 5.41) is 12.1. The minimum Gasteiger partial charge on any atom is -0.488 e. The van der Waals surface area contributed by atoms with E-state index < -0.39 is 0 Å². The SMILES string of the molecule is CCn1cnnc1CNCC1Cc2cc(Cl)ccc2O1. The molecule has 6 heteroatoms. The van der Waals surface area contributed by atoms with Crippen LogP contribution in [0.15, 0.2) is 24.5 Å². The van der Waals surface area contributed by atoms with Gasteiger partial charge >= 0.3 is 0 Å². The lowest BCUT2D eigenvalue weighted by atomic mass is 10.1. The zero-order valence-electron chi connectivity index (χ0n) is 11.3. The Morgan fingerprint density at radius 1 is 1.50 bits per heavy atom. The number of aryl methyl sites for hydroxylation is 1. The van der Waals surface area contributed by atoms with Crippen LogP contribution in [0.3, 0.4) is 0 Å². The van der Waals surface area contributed by atoms with Crippen LogP contribution in [0.4, 0.5) is 0 Å². The highest BCUT2D eigenvalue weighted by Gasteiger charge is 2.22. The summed E-state index contributed by atoms with van der Waals surface area (Å²) < 4.78 is 7.90. The van der Waals surface area contributed by atoms with Crippen molar-refractivity contribution in [2.75, 3.05) is 6.54 Å². The van der Waals surface area contributed by atoms with Crippen LogP contribution in [0.1, 0.15) is 18.3 Å². The Kier molecular flexibility index (Phi) is 3.89. The fourth-order valence-electron chi connectivity index (χ4n) is 2.43. The second-order valence-electron chi connectivity index (χ2n) is 4.86. The van der Waals surface area contributed by atoms with Crippen LogP contribution in [-0.2, 0) is 19.5 Å². The Morgan fingerprint density at radius 3 is 3.25 bits per heavy atom. The van der Waals surface area contributed by atoms with E-state index in [2.05, 4.69) is 22.4 Å². The molecule has 1 aromatic carbocycles. The highest BCUT2D eigenvalue weighted by atomic mass is 35.5. The molecule has 106 valence electrons. The van der Waals surface area contributed by atoms with Gasteiger partial charge in [0, 0.05) is 24.5 Å². The molecule has 3 rings (SSSR count). The molecule has 0 saturated carbocycles. The lowest BCUT2D eigenvalue weighted by Gasteiger charge is -2.11. The van der Waals surface area contributed by atoms with Crippen molar-refractivity contribution in [3.8, 4) is 5.75 Å². The zero-order chi connectivity index (χ0) is 13.9. The molecule has 1 aliphatic rings. The van der Waals surface area contributed by atoms with E-state index in [1.165, 1.54) is 5.56 Å². The maximum atomic E-state index is 5.99. The molecule has 1 aliphatic heterocycles. The Bertz CT molecular complexity index is 599. The van der Waals surface area contributed by atoms with E-state index >= 15 is 0 Å². The minimum atomic E-state index is 0.154.